The summed E-state index contributed by atoms with van der Waals surface area (Å²) in [4.78, 5) is 14.0. The number of nitrogens with one attached hydrogen (secondary N) is 1. The van der Waals surface area contributed by atoms with Crippen LogP contribution in [0.25, 0.3) is 0 Å². The highest BCUT2D eigenvalue weighted by molar-refractivity contribution is 8.00. The number of nitrogens with zero attached hydrogens (tertiary/aromatic N) is 1. The Bertz CT molecular complexity index is 692. The normalized spacial score (nSPS) is 33.5. The highest BCUT2D eigenvalue weighted by Gasteiger charge is 2.61. The van der Waals surface area contributed by atoms with Crippen molar-refractivity contribution in [2.24, 2.45) is 16.7 Å². The van der Waals surface area contributed by atoms with E-state index in [1.165, 1.54) is 44.9 Å². The van der Waals surface area contributed by atoms with Crippen LogP contribution in [0.3, 0.4) is 0 Å². The molecule has 26 heavy (non-hydrogen) atoms. The standard InChI is InChI=1S/C21H32N2O2S/c1-13-18(26-15-8-6-5-7-9-15)17(25-23-13)19(24)22-16-12-14-10-11-21(16,4)20(14,2)3/h14-16H,5-12H2,1-4H3,(H,22,24)/t14-,16-,21+/m1/s1. The van der Waals surface area contributed by atoms with E-state index < -0.39 is 0 Å². The largest absolute Gasteiger partial charge is 0.350 e. The molecule has 1 heterocycles. The van der Waals surface area contributed by atoms with Crippen LogP contribution in [0.5, 0.6) is 0 Å². The first-order valence-corrected chi connectivity index (χ1v) is 11.1. The van der Waals surface area contributed by atoms with Crippen LogP contribution >= 0.6 is 11.8 Å². The van der Waals surface area contributed by atoms with Gasteiger partial charge in [0.25, 0.3) is 5.91 Å². The number of carbonyl (C=O) groups is 1. The van der Waals surface area contributed by atoms with Crippen LogP contribution in [-0.2, 0) is 0 Å². The second-order valence-electron chi connectivity index (χ2n) is 9.44. The molecule has 3 saturated carbocycles. The highest BCUT2D eigenvalue weighted by Crippen LogP contribution is 2.65. The number of aryl methyl sites for hydroxylation is 1. The summed E-state index contributed by atoms with van der Waals surface area (Å²) < 4.78 is 5.49. The van der Waals surface area contributed by atoms with Gasteiger partial charge in [-0.05, 0) is 55.8 Å². The van der Waals surface area contributed by atoms with Crippen molar-refractivity contribution < 1.29 is 9.32 Å². The van der Waals surface area contributed by atoms with Gasteiger partial charge in [-0.1, -0.05) is 45.2 Å². The maximum Gasteiger partial charge on any atom is 0.291 e. The van der Waals surface area contributed by atoms with Crippen molar-refractivity contribution in [1.29, 1.82) is 0 Å². The molecule has 3 atom stereocenters. The third-order valence-corrected chi connectivity index (χ3v) is 9.47. The number of thioether (sulfide) groups is 1. The number of aromatic nitrogens is 1. The van der Waals surface area contributed by atoms with Crippen molar-refractivity contribution in [1.82, 2.24) is 10.5 Å². The van der Waals surface area contributed by atoms with Crippen LogP contribution in [0.15, 0.2) is 9.42 Å². The van der Waals surface area contributed by atoms with Gasteiger partial charge in [0, 0.05) is 11.3 Å². The number of carbonyl (C=O) groups excluding carboxylic acids is 1. The Kier molecular flexibility index (Phi) is 4.65. The van der Waals surface area contributed by atoms with E-state index in [4.69, 9.17) is 4.52 Å². The lowest BCUT2D eigenvalue weighted by atomic mass is 9.69. The summed E-state index contributed by atoms with van der Waals surface area (Å²) in [5, 5.41) is 8.03. The van der Waals surface area contributed by atoms with E-state index in [1.54, 1.807) is 0 Å². The Morgan fingerprint density at radius 1 is 1.19 bits per heavy atom. The van der Waals surface area contributed by atoms with Crippen LogP contribution in [0.1, 0.15) is 88.4 Å². The summed E-state index contributed by atoms with van der Waals surface area (Å²) in [5.74, 6) is 1.08. The summed E-state index contributed by atoms with van der Waals surface area (Å²) in [5.41, 5.74) is 1.33. The van der Waals surface area contributed by atoms with E-state index in [1.807, 2.05) is 18.7 Å². The molecule has 5 heteroatoms. The van der Waals surface area contributed by atoms with Gasteiger partial charge >= 0.3 is 0 Å². The van der Waals surface area contributed by atoms with Crippen molar-refractivity contribution in [3.05, 3.63) is 11.5 Å². The minimum atomic E-state index is -0.0708. The summed E-state index contributed by atoms with van der Waals surface area (Å²) in [7, 11) is 0. The Balaban J connectivity index is 1.49. The molecule has 1 N–H and O–H groups in total. The molecule has 1 aromatic heterocycles. The summed E-state index contributed by atoms with van der Waals surface area (Å²) in [6.45, 7) is 9.06. The highest BCUT2D eigenvalue weighted by atomic mass is 32.2. The average Bonchev–Trinajstić information content (AvgIpc) is 3.14. The molecule has 4 rings (SSSR count). The molecule has 3 aliphatic rings. The smallest absolute Gasteiger partial charge is 0.291 e. The average molecular weight is 377 g/mol. The van der Waals surface area contributed by atoms with E-state index in [9.17, 15) is 4.79 Å². The van der Waals surface area contributed by atoms with Crippen LogP contribution in [0.4, 0.5) is 0 Å². The van der Waals surface area contributed by atoms with Crippen LogP contribution in [-0.4, -0.2) is 22.4 Å². The first-order chi connectivity index (χ1) is 12.3. The monoisotopic (exact) mass is 376 g/mol. The molecule has 0 unspecified atom stereocenters. The molecule has 3 fully saturated rings. The van der Waals surface area contributed by atoms with Crippen molar-refractivity contribution in [3.63, 3.8) is 0 Å². The molecule has 2 bridgehead atoms. The fourth-order valence-electron chi connectivity index (χ4n) is 5.64. The fourth-order valence-corrected chi connectivity index (χ4v) is 6.99. The number of rotatable bonds is 4. The van der Waals surface area contributed by atoms with Gasteiger partial charge in [0.2, 0.25) is 5.76 Å². The van der Waals surface area contributed by atoms with Crippen LogP contribution in [0.2, 0.25) is 0 Å². The minimum absolute atomic E-state index is 0.0708. The van der Waals surface area contributed by atoms with Crippen LogP contribution < -0.4 is 5.32 Å². The molecule has 0 aromatic carbocycles. The SMILES string of the molecule is Cc1noc(C(=O)N[C@@H]2C[C@H]3CC[C@]2(C)C3(C)C)c1SC1CCCCC1. The van der Waals surface area contributed by atoms with Gasteiger partial charge in [0.05, 0.1) is 10.6 Å². The summed E-state index contributed by atoms with van der Waals surface area (Å²) in [6, 6.07) is 0.238. The van der Waals surface area contributed by atoms with Gasteiger partial charge in [0.15, 0.2) is 0 Å². The van der Waals surface area contributed by atoms with Crippen molar-refractivity contribution in [2.45, 2.75) is 95.2 Å². The third-order valence-electron chi connectivity index (χ3n) is 7.95. The van der Waals surface area contributed by atoms with Crippen molar-refractivity contribution >= 4 is 17.7 Å². The lowest BCUT2D eigenvalue weighted by molar-refractivity contribution is 0.0789. The summed E-state index contributed by atoms with van der Waals surface area (Å²) >= 11 is 1.81. The predicted octanol–water partition coefficient (Wildman–Crippen LogP) is 5.35. The molecule has 0 spiro atoms. The lowest BCUT2D eigenvalue weighted by Crippen LogP contribution is -2.46. The Morgan fingerprint density at radius 3 is 2.54 bits per heavy atom. The molecule has 0 radical (unpaired) electrons. The molecule has 1 aromatic rings. The van der Waals surface area contributed by atoms with Gasteiger partial charge in [0.1, 0.15) is 0 Å². The Hall–Kier alpha value is -0.970. The molecule has 3 aliphatic carbocycles. The van der Waals surface area contributed by atoms with Crippen molar-refractivity contribution in [3.8, 4) is 0 Å². The molecular formula is C21H32N2O2S. The van der Waals surface area contributed by atoms with E-state index in [-0.39, 0.29) is 17.4 Å². The minimum Gasteiger partial charge on any atom is -0.350 e. The number of hydrogen-bond donors (Lipinski definition) is 1. The number of fused-ring (bicyclic) bond motifs is 2. The van der Waals surface area contributed by atoms with E-state index >= 15 is 0 Å². The molecule has 0 saturated heterocycles. The zero-order valence-electron chi connectivity index (χ0n) is 16.6. The topological polar surface area (TPSA) is 55.1 Å². The molecule has 1 amide bonds. The van der Waals surface area contributed by atoms with Gasteiger partial charge in [-0.2, -0.15) is 0 Å². The van der Waals surface area contributed by atoms with Gasteiger partial charge < -0.3 is 9.84 Å². The van der Waals surface area contributed by atoms with Gasteiger partial charge in [-0.3, -0.25) is 4.79 Å². The summed E-state index contributed by atoms with van der Waals surface area (Å²) in [6.07, 6.45) is 9.97. The molecular weight excluding hydrogens is 344 g/mol. The van der Waals surface area contributed by atoms with Gasteiger partial charge in [-0.25, -0.2) is 0 Å². The zero-order chi connectivity index (χ0) is 18.5. The number of hydrogen-bond acceptors (Lipinski definition) is 4. The maximum atomic E-state index is 13.0. The third kappa shape index (κ3) is 2.81. The molecule has 4 nitrogen and oxygen atoms in total. The van der Waals surface area contributed by atoms with Gasteiger partial charge in [-0.15, -0.1) is 11.8 Å². The first-order valence-electron chi connectivity index (χ1n) is 10.3. The predicted molar refractivity (Wildman–Crippen MR) is 104 cm³/mol. The zero-order valence-corrected chi connectivity index (χ0v) is 17.4. The second-order valence-corrected chi connectivity index (χ2v) is 10.8. The lowest BCUT2D eigenvalue weighted by Gasteiger charge is -2.39. The Labute approximate surface area is 161 Å². The molecule has 144 valence electrons. The van der Waals surface area contributed by atoms with Crippen LogP contribution in [0, 0.1) is 23.7 Å². The van der Waals surface area contributed by atoms with Crippen molar-refractivity contribution in [2.75, 3.05) is 0 Å². The quantitative estimate of drug-likeness (QED) is 0.769. The van der Waals surface area contributed by atoms with E-state index in [0.717, 1.165) is 17.0 Å². The second kappa shape index (κ2) is 6.57. The number of amides is 1. The Morgan fingerprint density at radius 2 is 1.92 bits per heavy atom. The van der Waals surface area contributed by atoms with E-state index in [2.05, 4.69) is 31.2 Å². The first kappa shape index (κ1) is 18.4. The maximum absolute atomic E-state index is 13.0. The fraction of sp³-hybridized carbons (Fsp3) is 0.810. The van der Waals surface area contributed by atoms with E-state index in [0.29, 0.717) is 22.3 Å². The molecule has 0 aliphatic heterocycles.